The van der Waals surface area contributed by atoms with Crippen molar-refractivity contribution < 1.29 is 9.98 Å². The molecule has 8 N–H and O–H groups in total. The molecule has 74 valence electrons. The summed E-state index contributed by atoms with van der Waals surface area (Å²) in [5.41, 5.74) is 17.1. The number of nitrogens with two attached hydrogens (primary N) is 3. The lowest BCUT2D eigenvalue weighted by molar-refractivity contribution is -0.536. The fraction of sp³-hybridized carbons (Fsp3) is 0.111. The molecule has 0 aliphatic carbocycles. The van der Waals surface area contributed by atoms with Gasteiger partial charge in [0, 0.05) is 0 Å². The highest BCUT2D eigenvalue weighted by Gasteiger charge is 1.97. The van der Waals surface area contributed by atoms with Gasteiger partial charge in [-0.3, -0.25) is 22.2 Å². The molecule has 0 bridgehead atoms. The Morgan fingerprint density at radius 3 is 2.29 bits per heavy atom. The van der Waals surface area contributed by atoms with Gasteiger partial charge in [-0.15, -0.1) is 0 Å². The van der Waals surface area contributed by atoms with E-state index in [2.05, 4.69) is 9.98 Å². The summed E-state index contributed by atoms with van der Waals surface area (Å²) in [6.07, 6.45) is 0. The van der Waals surface area contributed by atoms with Gasteiger partial charge in [0.15, 0.2) is 0 Å². The number of rotatable bonds is 2. The molecule has 5 nitrogen and oxygen atoms in total. The van der Waals surface area contributed by atoms with Crippen molar-refractivity contribution >= 4 is 11.9 Å². The summed E-state index contributed by atoms with van der Waals surface area (Å²) in [4.78, 5) is 5.50. The molecule has 0 aliphatic rings. The van der Waals surface area contributed by atoms with Gasteiger partial charge in [-0.05, 0) is 5.56 Å². The largest absolute Gasteiger partial charge is 0.385 e. The van der Waals surface area contributed by atoms with Crippen LogP contribution < -0.4 is 27.2 Å². The standard InChI is InChI=1S/C9H13N5/c10-8(11)14-9(12)13-6-7-4-2-1-3-5-7/h1-5H,6H2,(H6,10,11,12,13,14)/p+2. The highest BCUT2D eigenvalue weighted by Crippen LogP contribution is 1.93. The van der Waals surface area contributed by atoms with Gasteiger partial charge < -0.3 is 0 Å². The lowest BCUT2D eigenvalue weighted by Crippen LogP contribution is -2.97. The first-order valence-corrected chi connectivity index (χ1v) is 4.23. The molecule has 0 heterocycles. The van der Waals surface area contributed by atoms with E-state index in [1.54, 1.807) is 0 Å². The van der Waals surface area contributed by atoms with Crippen LogP contribution in [-0.4, -0.2) is 11.9 Å². The van der Waals surface area contributed by atoms with Crippen molar-refractivity contribution in [2.75, 3.05) is 0 Å². The van der Waals surface area contributed by atoms with E-state index >= 15 is 0 Å². The number of nitrogens with one attached hydrogen (secondary N) is 2. The van der Waals surface area contributed by atoms with Gasteiger partial charge in [0.05, 0.1) is 6.54 Å². The molecule has 5 heteroatoms. The molecule has 0 saturated carbocycles. The van der Waals surface area contributed by atoms with E-state index in [1.165, 1.54) is 0 Å². The van der Waals surface area contributed by atoms with Gasteiger partial charge in [-0.2, -0.15) is 4.99 Å². The normalized spacial score (nSPS) is 11.0. The summed E-state index contributed by atoms with van der Waals surface area (Å²) in [5.74, 6) is 0.414. The van der Waals surface area contributed by atoms with E-state index in [-0.39, 0.29) is 5.96 Å². The third-order valence-corrected chi connectivity index (χ3v) is 1.60. The Labute approximate surface area is 82.3 Å². The quantitative estimate of drug-likeness (QED) is 0.244. The minimum absolute atomic E-state index is 0.0723. The second-order valence-electron chi connectivity index (χ2n) is 2.83. The van der Waals surface area contributed by atoms with Gasteiger partial charge in [-0.1, -0.05) is 30.3 Å². The average Bonchev–Trinajstić information content (AvgIpc) is 2.15. The Balaban J connectivity index is 2.60. The predicted octanol–water partition coefficient (Wildman–Crippen LogP) is -4.06. The number of hydrogen-bond acceptors (Lipinski definition) is 0. The van der Waals surface area contributed by atoms with Crippen molar-refractivity contribution in [3.8, 4) is 0 Å². The van der Waals surface area contributed by atoms with Crippen LogP contribution in [0.3, 0.4) is 0 Å². The zero-order chi connectivity index (χ0) is 10.4. The summed E-state index contributed by atoms with van der Waals surface area (Å²) in [5, 5.41) is 0. The van der Waals surface area contributed by atoms with Gasteiger partial charge in [0.25, 0.3) is 0 Å². The molecular weight excluding hydrogens is 178 g/mol. The smallest absolute Gasteiger partial charge is 0.275 e. The SMILES string of the molecule is NC(N)=[NH+]C(N)=[NH+]Cc1ccccc1. The number of benzene rings is 1. The van der Waals surface area contributed by atoms with Crippen LogP contribution in [0.15, 0.2) is 30.3 Å². The molecular formula is C9H15N5+2. The second kappa shape index (κ2) is 4.86. The van der Waals surface area contributed by atoms with Crippen molar-refractivity contribution in [1.82, 2.24) is 0 Å². The van der Waals surface area contributed by atoms with Crippen LogP contribution >= 0.6 is 0 Å². The summed E-state index contributed by atoms with van der Waals surface area (Å²) in [7, 11) is 0. The summed E-state index contributed by atoms with van der Waals surface area (Å²) in [6, 6.07) is 9.88. The van der Waals surface area contributed by atoms with Crippen molar-refractivity contribution in [1.29, 1.82) is 0 Å². The molecule has 0 aromatic heterocycles. The molecule has 0 radical (unpaired) electrons. The minimum atomic E-state index is 0.0723. The summed E-state index contributed by atoms with van der Waals surface area (Å²) < 4.78 is 0. The zero-order valence-corrected chi connectivity index (χ0v) is 7.83. The van der Waals surface area contributed by atoms with Gasteiger partial charge in [0.2, 0.25) is 0 Å². The maximum absolute atomic E-state index is 5.54. The second-order valence-corrected chi connectivity index (χ2v) is 2.83. The van der Waals surface area contributed by atoms with Crippen molar-refractivity contribution in [2.24, 2.45) is 17.2 Å². The monoisotopic (exact) mass is 193 g/mol. The van der Waals surface area contributed by atoms with Gasteiger partial charge in [-0.25, -0.2) is 0 Å². The van der Waals surface area contributed by atoms with Crippen LogP contribution in [0.1, 0.15) is 5.56 Å². The Morgan fingerprint density at radius 2 is 1.71 bits per heavy atom. The molecule has 1 aromatic carbocycles. The highest BCUT2D eigenvalue weighted by atomic mass is 15.1. The average molecular weight is 193 g/mol. The lowest BCUT2D eigenvalue weighted by atomic mass is 10.2. The lowest BCUT2D eigenvalue weighted by Gasteiger charge is -1.92. The van der Waals surface area contributed by atoms with E-state index in [1.807, 2.05) is 30.3 Å². The summed E-state index contributed by atoms with van der Waals surface area (Å²) in [6.45, 7) is 0.632. The molecule has 1 rings (SSSR count). The molecule has 0 atom stereocenters. The van der Waals surface area contributed by atoms with Crippen molar-refractivity contribution in [2.45, 2.75) is 6.54 Å². The van der Waals surface area contributed by atoms with Crippen LogP contribution in [0.5, 0.6) is 0 Å². The summed E-state index contributed by atoms with van der Waals surface area (Å²) >= 11 is 0. The first-order valence-electron chi connectivity index (χ1n) is 4.23. The Kier molecular flexibility index (Phi) is 3.49. The number of guanidine groups is 2. The van der Waals surface area contributed by atoms with Crippen LogP contribution in [0.2, 0.25) is 0 Å². The fourth-order valence-corrected chi connectivity index (χ4v) is 0.993. The van der Waals surface area contributed by atoms with Crippen LogP contribution in [0.4, 0.5) is 0 Å². The molecule has 0 fully saturated rings. The minimum Gasteiger partial charge on any atom is -0.275 e. The van der Waals surface area contributed by atoms with Crippen LogP contribution in [0, 0.1) is 0 Å². The maximum Gasteiger partial charge on any atom is 0.385 e. The molecule has 0 saturated heterocycles. The first kappa shape index (κ1) is 10.0. The fourth-order valence-electron chi connectivity index (χ4n) is 0.993. The zero-order valence-electron chi connectivity index (χ0n) is 7.83. The Bertz CT molecular complexity index is 337. The predicted molar refractivity (Wildman–Crippen MR) is 54.6 cm³/mol. The first-order chi connectivity index (χ1) is 6.68. The molecule has 14 heavy (non-hydrogen) atoms. The molecule has 0 amide bonds. The molecule has 0 spiro atoms. The Hall–Kier alpha value is -2.04. The number of hydrogen-bond donors (Lipinski definition) is 5. The molecule has 0 aliphatic heterocycles. The molecule has 1 aromatic rings. The van der Waals surface area contributed by atoms with Gasteiger partial charge >= 0.3 is 11.9 Å². The Morgan fingerprint density at radius 1 is 1.07 bits per heavy atom. The van der Waals surface area contributed by atoms with Crippen molar-refractivity contribution in [3.63, 3.8) is 0 Å². The van der Waals surface area contributed by atoms with E-state index < -0.39 is 0 Å². The highest BCUT2D eigenvalue weighted by molar-refractivity contribution is 5.75. The third kappa shape index (κ3) is 3.57. The topological polar surface area (TPSA) is 106 Å². The van der Waals surface area contributed by atoms with Crippen LogP contribution in [-0.2, 0) is 6.54 Å². The van der Waals surface area contributed by atoms with E-state index in [0.29, 0.717) is 12.5 Å². The van der Waals surface area contributed by atoms with E-state index in [4.69, 9.17) is 17.2 Å². The van der Waals surface area contributed by atoms with E-state index in [0.717, 1.165) is 5.56 Å². The third-order valence-electron chi connectivity index (χ3n) is 1.60. The van der Waals surface area contributed by atoms with Crippen LogP contribution in [0.25, 0.3) is 0 Å². The van der Waals surface area contributed by atoms with Crippen molar-refractivity contribution in [3.05, 3.63) is 35.9 Å². The van der Waals surface area contributed by atoms with E-state index in [9.17, 15) is 0 Å². The molecule has 0 unspecified atom stereocenters. The van der Waals surface area contributed by atoms with Gasteiger partial charge in [0.1, 0.15) is 0 Å². The maximum atomic E-state index is 5.54.